The van der Waals surface area contributed by atoms with Gasteiger partial charge in [0, 0.05) is 16.2 Å². The van der Waals surface area contributed by atoms with Crippen LogP contribution in [0.4, 0.5) is 0 Å². The lowest BCUT2D eigenvalue weighted by atomic mass is 10.1. The quantitative estimate of drug-likeness (QED) is 0.479. The first kappa shape index (κ1) is 14.3. The molecule has 0 fully saturated rings. The van der Waals surface area contributed by atoms with E-state index in [-0.39, 0.29) is 5.97 Å². The maximum Gasteiger partial charge on any atom is 0.337 e. The van der Waals surface area contributed by atoms with E-state index in [0.717, 1.165) is 22.5 Å². The smallest absolute Gasteiger partial charge is 0.337 e. The number of hydrogen-bond donors (Lipinski definition) is 0. The number of hydrogen-bond acceptors (Lipinski definition) is 4. The summed E-state index contributed by atoms with van der Waals surface area (Å²) < 4.78 is 4.65. The van der Waals surface area contributed by atoms with Gasteiger partial charge < -0.3 is 4.74 Å². The van der Waals surface area contributed by atoms with Crippen molar-refractivity contribution in [2.75, 3.05) is 7.11 Å². The maximum atomic E-state index is 11.3. The highest BCUT2D eigenvalue weighted by Crippen LogP contribution is 2.23. The Hall–Kier alpha value is -2.07. The van der Waals surface area contributed by atoms with Crippen LogP contribution in [0.2, 0.25) is 0 Å². The molecule has 0 aliphatic heterocycles. The number of carbonyl (C=O) groups is 2. The molecule has 0 heterocycles. The summed E-state index contributed by atoms with van der Waals surface area (Å²) in [6.07, 6.45) is 0.842. The van der Waals surface area contributed by atoms with Gasteiger partial charge in [0.1, 0.15) is 6.29 Å². The van der Waals surface area contributed by atoms with Crippen LogP contribution in [-0.2, 0) is 10.5 Å². The third-order valence-corrected chi connectivity index (χ3v) is 3.84. The Balaban J connectivity index is 2.00. The van der Waals surface area contributed by atoms with E-state index in [4.69, 9.17) is 0 Å². The molecule has 0 radical (unpaired) electrons. The number of ether oxygens (including phenoxy) is 1. The minimum absolute atomic E-state index is 0.331. The molecule has 0 aliphatic rings. The highest BCUT2D eigenvalue weighted by molar-refractivity contribution is 7.98. The average Bonchev–Trinajstić information content (AvgIpc) is 2.53. The van der Waals surface area contributed by atoms with Crippen molar-refractivity contribution in [3.05, 3.63) is 65.2 Å². The van der Waals surface area contributed by atoms with Gasteiger partial charge in [-0.2, -0.15) is 0 Å². The van der Waals surface area contributed by atoms with Crippen LogP contribution < -0.4 is 0 Å². The third-order valence-electron chi connectivity index (χ3n) is 2.77. The Bertz CT molecular complexity index is 605. The van der Waals surface area contributed by atoms with Crippen molar-refractivity contribution in [2.45, 2.75) is 10.6 Å². The Morgan fingerprint density at radius 2 is 1.95 bits per heavy atom. The molecule has 102 valence electrons. The SMILES string of the molecule is COC(=O)c1ccc(CSc2cccc(C=O)c2)cc1. The first-order valence-electron chi connectivity index (χ1n) is 6.08. The summed E-state index contributed by atoms with van der Waals surface area (Å²) in [7, 11) is 1.37. The van der Waals surface area contributed by atoms with Crippen LogP contribution in [0.1, 0.15) is 26.3 Å². The van der Waals surface area contributed by atoms with Crippen LogP contribution >= 0.6 is 11.8 Å². The molecule has 20 heavy (non-hydrogen) atoms. The summed E-state index contributed by atoms with van der Waals surface area (Å²) in [6, 6.07) is 14.8. The fourth-order valence-electron chi connectivity index (χ4n) is 1.70. The van der Waals surface area contributed by atoms with Gasteiger partial charge in [-0.15, -0.1) is 11.8 Å². The molecule has 3 nitrogen and oxygen atoms in total. The van der Waals surface area contributed by atoms with Crippen molar-refractivity contribution in [1.29, 1.82) is 0 Å². The average molecular weight is 286 g/mol. The molecule has 0 saturated heterocycles. The number of carbonyl (C=O) groups excluding carboxylic acids is 2. The summed E-state index contributed by atoms with van der Waals surface area (Å²) in [6.45, 7) is 0. The highest BCUT2D eigenvalue weighted by Gasteiger charge is 2.04. The molecule has 0 amide bonds. The second-order valence-electron chi connectivity index (χ2n) is 4.17. The monoisotopic (exact) mass is 286 g/mol. The van der Waals surface area contributed by atoms with Gasteiger partial charge in [0.05, 0.1) is 12.7 Å². The Labute approximate surface area is 122 Å². The lowest BCUT2D eigenvalue weighted by Gasteiger charge is -2.04. The molecule has 0 unspecified atom stereocenters. The topological polar surface area (TPSA) is 43.4 Å². The molecule has 0 aromatic heterocycles. The maximum absolute atomic E-state index is 11.3. The molecule has 4 heteroatoms. The van der Waals surface area contributed by atoms with Crippen LogP contribution in [-0.4, -0.2) is 19.4 Å². The lowest BCUT2D eigenvalue weighted by Crippen LogP contribution is -2.00. The summed E-state index contributed by atoms with van der Waals surface area (Å²) in [4.78, 5) is 23.1. The van der Waals surface area contributed by atoms with Crippen molar-refractivity contribution in [3.8, 4) is 0 Å². The van der Waals surface area contributed by atoms with E-state index < -0.39 is 0 Å². The van der Waals surface area contributed by atoms with E-state index in [9.17, 15) is 9.59 Å². The van der Waals surface area contributed by atoms with Crippen LogP contribution in [0.5, 0.6) is 0 Å². The van der Waals surface area contributed by atoms with Gasteiger partial charge in [-0.25, -0.2) is 4.79 Å². The first-order valence-corrected chi connectivity index (χ1v) is 7.07. The molecule has 2 rings (SSSR count). The Kier molecular flexibility index (Phi) is 4.96. The Morgan fingerprint density at radius 1 is 1.20 bits per heavy atom. The number of benzene rings is 2. The van der Waals surface area contributed by atoms with Crippen molar-refractivity contribution in [2.24, 2.45) is 0 Å². The molecule has 0 N–H and O–H groups in total. The van der Waals surface area contributed by atoms with E-state index in [1.165, 1.54) is 7.11 Å². The minimum atomic E-state index is -0.331. The summed E-state index contributed by atoms with van der Waals surface area (Å²) in [5.74, 6) is 0.451. The Morgan fingerprint density at radius 3 is 2.60 bits per heavy atom. The molecule has 0 atom stereocenters. The molecular formula is C16H14O3S. The van der Waals surface area contributed by atoms with Gasteiger partial charge >= 0.3 is 5.97 Å². The van der Waals surface area contributed by atoms with Crippen molar-refractivity contribution >= 4 is 24.0 Å². The normalized spacial score (nSPS) is 10.1. The van der Waals surface area contributed by atoms with Gasteiger partial charge in [0.25, 0.3) is 0 Å². The first-order chi connectivity index (χ1) is 9.72. The second kappa shape index (κ2) is 6.91. The number of rotatable bonds is 5. The fraction of sp³-hybridized carbons (Fsp3) is 0.125. The summed E-state index contributed by atoms with van der Waals surface area (Å²) in [5, 5.41) is 0. The van der Waals surface area contributed by atoms with Gasteiger partial charge in [-0.05, 0) is 29.8 Å². The number of aldehydes is 1. The van der Waals surface area contributed by atoms with E-state index in [1.54, 1.807) is 30.0 Å². The van der Waals surface area contributed by atoms with Gasteiger partial charge in [0.15, 0.2) is 0 Å². The molecule has 0 spiro atoms. The van der Waals surface area contributed by atoms with E-state index in [0.29, 0.717) is 11.1 Å². The van der Waals surface area contributed by atoms with Gasteiger partial charge in [-0.1, -0.05) is 24.3 Å². The van der Waals surface area contributed by atoms with Crippen LogP contribution in [0.3, 0.4) is 0 Å². The molecule has 0 bridgehead atoms. The van der Waals surface area contributed by atoms with E-state index in [2.05, 4.69) is 4.74 Å². The van der Waals surface area contributed by atoms with Crippen LogP contribution in [0.25, 0.3) is 0 Å². The second-order valence-corrected chi connectivity index (χ2v) is 5.22. The third kappa shape index (κ3) is 3.71. The number of esters is 1. The number of thioether (sulfide) groups is 1. The van der Waals surface area contributed by atoms with Gasteiger partial charge in [-0.3, -0.25) is 4.79 Å². The molecule has 2 aromatic carbocycles. The van der Waals surface area contributed by atoms with Crippen molar-refractivity contribution in [1.82, 2.24) is 0 Å². The van der Waals surface area contributed by atoms with Gasteiger partial charge in [0.2, 0.25) is 0 Å². The van der Waals surface area contributed by atoms with E-state index in [1.807, 2.05) is 30.3 Å². The zero-order valence-electron chi connectivity index (χ0n) is 11.0. The molecular weight excluding hydrogens is 272 g/mol. The van der Waals surface area contributed by atoms with Crippen LogP contribution in [0, 0.1) is 0 Å². The molecule has 0 saturated carbocycles. The fourth-order valence-corrected chi connectivity index (χ4v) is 2.62. The summed E-state index contributed by atoms with van der Waals surface area (Å²) >= 11 is 1.65. The van der Waals surface area contributed by atoms with Crippen molar-refractivity contribution in [3.63, 3.8) is 0 Å². The summed E-state index contributed by atoms with van der Waals surface area (Å²) in [5.41, 5.74) is 2.33. The van der Waals surface area contributed by atoms with E-state index >= 15 is 0 Å². The molecule has 0 aliphatic carbocycles. The zero-order chi connectivity index (χ0) is 14.4. The van der Waals surface area contributed by atoms with Crippen LogP contribution in [0.15, 0.2) is 53.4 Å². The molecule has 2 aromatic rings. The largest absolute Gasteiger partial charge is 0.465 e. The lowest BCUT2D eigenvalue weighted by molar-refractivity contribution is 0.0600. The standard InChI is InChI=1S/C16H14O3S/c1-19-16(18)14-7-5-12(6-8-14)11-20-15-4-2-3-13(9-15)10-17/h2-10H,11H2,1H3. The zero-order valence-corrected chi connectivity index (χ0v) is 11.9. The van der Waals surface area contributed by atoms with Crippen molar-refractivity contribution < 1.29 is 14.3 Å². The number of methoxy groups -OCH3 is 1. The minimum Gasteiger partial charge on any atom is -0.465 e. The highest BCUT2D eigenvalue weighted by atomic mass is 32.2. The predicted octanol–water partition coefficient (Wildman–Crippen LogP) is 3.58. The predicted molar refractivity (Wildman–Crippen MR) is 79.2 cm³/mol.